The van der Waals surface area contributed by atoms with E-state index in [0.717, 1.165) is 25.2 Å². The first kappa shape index (κ1) is 18.6. The summed E-state index contributed by atoms with van der Waals surface area (Å²) in [4.78, 5) is 12.9. The first-order valence-electron chi connectivity index (χ1n) is 8.07. The van der Waals surface area contributed by atoms with Crippen LogP contribution in [0, 0.1) is 5.21 Å². The third-order valence-corrected chi connectivity index (χ3v) is 4.67. The Hall–Kier alpha value is -2.18. The maximum Gasteiger partial charge on any atom is 0.204 e. The summed E-state index contributed by atoms with van der Waals surface area (Å²) in [5.74, 6) is 1.03. The molecule has 0 bridgehead atoms. The number of halogens is 2. The number of nitrogens with zero attached hydrogens (tertiary/aromatic N) is 1. The maximum atomic E-state index is 12.9. The molecule has 0 atom stereocenters. The molecule has 0 spiro atoms. The van der Waals surface area contributed by atoms with Crippen molar-refractivity contribution < 1.29 is 23.7 Å². The van der Waals surface area contributed by atoms with E-state index in [1.54, 1.807) is 12.1 Å². The normalized spacial score (nSPS) is 13.7. The van der Waals surface area contributed by atoms with Crippen LogP contribution in [0.5, 0.6) is 17.2 Å². The maximum absolute atomic E-state index is 12.9. The minimum Gasteiger partial charge on any atom is -0.619 e. The number of benzene rings is 1. The quantitative estimate of drug-likeness (QED) is 0.447. The van der Waals surface area contributed by atoms with Crippen molar-refractivity contribution in [2.75, 3.05) is 20.3 Å². The number of carbonyl (C=O) groups excluding carboxylic acids is 1. The number of ether oxygens (including phenoxy) is 3. The second kappa shape index (κ2) is 8.01. The number of methoxy groups -OCH3 is 1. The van der Waals surface area contributed by atoms with Crippen LogP contribution in [-0.4, -0.2) is 26.1 Å². The van der Waals surface area contributed by atoms with Gasteiger partial charge in [-0.1, -0.05) is 23.2 Å². The lowest BCUT2D eigenvalue weighted by Gasteiger charge is -2.21. The van der Waals surface area contributed by atoms with Crippen molar-refractivity contribution in [3.8, 4) is 17.2 Å². The summed E-state index contributed by atoms with van der Waals surface area (Å²) < 4.78 is 17.4. The van der Waals surface area contributed by atoms with Crippen molar-refractivity contribution in [1.82, 2.24) is 0 Å². The average molecular weight is 398 g/mol. The first-order chi connectivity index (χ1) is 12.5. The van der Waals surface area contributed by atoms with Crippen LogP contribution in [-0.2, 0) is 6.42 Å². The van der Waals surface area contributed by atoms with Crippen LogP contribution in [0.1, 0.15) is 28.8 Å². The Labute approximate surface area is 160 Å². The molecule has 1 aliphatic rings. The first-order valence-corrected chi connectivity index (χ1v) is 8.83. The van der Waals surface area contributed by atoms with Crippen molar-refractivity contribution in [3.05, 3.63) is 50.9 Å². The zero-order valence-electron chi connectivity index (χ0n) is 14.1. The van der Waals surface area contributed by atoms with Gasteiger partial charge in [0.05, 0.1) is 25.9 Å². The van der Waals surface area contributed by atoms with Crippen molar-refractivity contribution in [1.29, 1.82) is 0 Å². The fourth-order valence-electron chi connectivity index (χ4n) is 2.71. The molecule has 6 nitrogen and oxygen atoms in total. The predicted octanol–water partition coefficient (Wildman–Crippen LogP) is 3.61. The molecule has 0 unspecified atom stereocenters. The summed E-state index contributed by atoms with van der Waals surface area (Å²) in [5.41, 5.74) is 0.746. The van der Waals surface area contributed by atoms with E-state index in [1.165, 1.54) is 7.11 Å². The number of Topliss-reactive ketones (excluding diaryl/α,β-unsaturated/α-hetero) is 1. The van der Waals surface area contributed by atoms with E-state index in [0.29, 0.717) is 46.3 Å². The van der Waals surface area contributed by atoms with Gasteiger partial charge in [0.25, 0.3) is 0 Å². The van der Waals surface area contributed by atoms with Crippen LogP contribution < -0.4 is 18.9 Å². The topological polar surface area (TPSA) is 71.7 Å². The number of aromatic nitrogens is 1. The Morgan fingerprint density at radius 3 is 2.38 bits per heavy atom. The van der Waals surface area contributed by atoms with Crippen LogP contribution in [0.15, 0.2) is 24.5 Å². The van der Waals surface area contributed by atoms with Gasteiger partial charge < -0.3 is 19.4 Å². The third-order valence-electron chi connectivity index (χ3n) is 4.02. The Morgan fingerprint density at radius 2 is 1.77 bits per heavy atom. The highest BCUT2D eigenvalue weighted by molar-refractivity contribution is 6.36. The lowest BCUT2D eigenvalue weighted by molar-refractivity contribution is -0.605. The van der Waals surface area contributed by atoms with Crippen LogP contribution in [0.3, 0.4) is 0 Å². The molecule has 1 aromatic carbocycles. The standard InChI is InChI=1S/C18H17Cl2NO5/c1-24-16-5-4-11(17-18(16)26-7-3-2-6-25-17)15(22)8-12-13(19)9-21(23)10-14(12)20/h4-5,9-10H,2-3,6-8H2,1H3. The summed E-state index contributed by atoms with van der Waals surface area (Å²) in [6.45, 7) is 0.997. The van der Waals surface area contributed by atoms with Crippen molar-refractivity contribution >= 4 is 29.0 Å². The van der Waals surface area contributed by atoms with Gasteiger partial charge in [-0.05, 0) is 25.0 Å². The van der Waals surface area contributed by atoms with Crippen LogP contribution in [0.2, 0.25) is 10.0 Å². The molecule has 0 radical (unpaired) electrons. The number of ketones is 1. The summed E-state index contributed by atoms with van der Waals surface area (Å²) in [7, 11) is 1.53. The zero-order chi connectivity index (χ0) is 18.7. The predicted molar refractivity (Wildman–Crippen MR) is 96.7 cm³/mol. The molecule has 0 N–H and O–H groups in total. The van der Waals surface area contributed by atoms with E-state index in [2.05, 4.69) is 0 Å². The number of fused-ring (bicyclic) bond motifs is 1. The molecule has 0 amide bonds. The second-order valence-electron chi connectivity index (χ2n) is 5.77. The molecule has 0 saturated heterocycles. The van der Waals surface area contributed by atoms with Crippen LogP contribution in [0.25, 0.3) is 0 Å². The van der Waals surface area contributed by atoms with Crippen molar-refractivity contribution in [3.63, 3.8) is 0 Å². The van der Waals surface area contributed by atoms with Gasteiger partial charge in [0.2, 0.25) is 5.75 Å². The van der Waals surface area contributed by atoms with Gasteiger partial charge in [0.1, 0.15) is 10.0 Å². The lowest BCUT2D eigenvalue weighted by Crippen LogP contribution is -2.25. The van der Waals surface area contributed by atoms with Crippen molar-refractivity contribution in [2.45, 2.75) is 19.3 Å². The Balaban J connectivity index is 1.98. The number of rotatable bonds is 4. The number of hydrogen-bond acceptors (Lipinski definition) is 5. The summed E-state index contributed by atoms with van der Waals surface area (Å²) in [6, 6.07) is 3.29. The zero-order valence-corrected chi connectivity index (χ0v) is 15.6. The highest BCUT2D eigenvalue weighted by Crippen LogP contribution is 2.42. The molecule has 1 aromatic heterocycles. The van der Waals surface area contributed by atoms with E-state index in [9.17, 15) is 10.0 Å². The molecule has 2 aromatic rings. The Kier molecular flexibility index (Phi) is 5.74. The molecule has 0 aliphatic carbocycles. The summed E-state index contributed by atoms with van der Waals surface area (Å²) in [6.07, 6.45) is 3.93. The number of pyridine rings is 1. The van der Waals surface area contributed by atoms with Gasteiger partial charge in [-0.2, -0.15) is 4.73 Å². The molecular weight excluding hydrogens is 381 g/mol. The van der Waals surface area contributed by atoms with E-state index >= 15 is 0 Å². The Morgan fingerprint density at radius 1 is 1.15 bits per heavy atom. The lowest BCUT2D eigenvalue weighted by atomic mass is 10.0. The van der Waals surface area contributed by atoms with Crippen LogP contribution >= 0.6 is 23.2 Å². The minimum atomic E-state index is -0.250. The Bertz CT molecular complexity index is 818. The SMILES string of the molecule is COc1ccc(C(=O)Cc2c(Cl)c[n+]([O-])cc2Cl)c2c1OCCCCO2. The van der Waals surface area contributed by atoms with E-state index in [1.807, 2.05) is 0 Å². The van der Waals surface area contributed by atoms with Gasteiger partial charge in [-0.25, -0.2) is 0 Å². The molecule has 8 heteroatoms. The third kappa shape index (κ3) is 3.81. The van der Waals surface area contributed by atoms with Crippen molar-refractivity contribution in [2.24, 2.45) is 0 Å². The molecule has 3 rings (SSSR count). The van der Waals surface area contributed by atoms with Gasteiger partial charge in [-0.3, -0.25) is 4.79 Å². The monoisotopic (exact) mass is 397 g/mol. The number of carbonyl (C=O) groups is 1. The molecule has 2 heterocycles. The fourth-order valence-corrected chi connectivity index (χ4v) is 3.29. The number of hydrogen-bond donors (Lipinski definition) is 0. The van der Waals surface area contributed by atoms with Gasteiger partial charge in [0.15, 0.2) is 29.7 Å². The minimum absolute atomic E-state index is 0.0688. The largest absolute Gasteiger partial charge is 0.619 e. The van der Waals surface area contributed by atoms with Gasteiger partial charge in [-0.15, -0.1) is 0 Å². The highest BCUT2D eigenvalue weighted by Gasteiger charge is 2.24. The molecular formula is C18H17Cl2NO5. The van der Waals surface area contributed by atoms with Crippen LogP contribution in [0.4, 0.5) is 0 Å². The van der Waals surface area contributed by atoms with E-state index in [4.69, 9.17) is 37.4 Å². The summed E-state index contributed by atoms with van der Waals surface area (Å²) in [5, 5.41) is 11.6. The molecule has 0 fully saturated rings. The molecule has 26 heavy (non-hydrogen) atoms. The average Bonchev–Trinajstić information content (AvgIpc) is 2.57. The molecule has 138 valence electrons. The smallest absolute Gasteiger partial charge is 0.204 e. The second-order valence-corrected chi connectivity index (χ2v) is 6.58. The van der Waals surface area contributed by atoms with Gasteiger partial charge >= 0.3 is 0 Å². The van der Waals surface area contributed by atoms with E-state index in [-0.39, 0.29) is 22.2 Å². The fraction of sp³-hybridized carbons (Fsp3) is 0.333. The highest BCUT2D eigenvalue weighted by atomic mass is 35.5. The molecule has 0 saturated carbocycles. The molecule has 1 aliphatic heterocycles. The van der Waals surface area contributed by atoms with Gasteiger partial charge in [0, 0.05) is 12.0 Å². The summed E-state index contributed by atoms with van der Waals surface area (Å²) >= 11 is 12.1. The van der Waals surface area contributed by atoms with E-state index < -0.39 is 0 Å².